The maximum absolute atomic E-state index is 12.4. The van der Waals surface area contributed by atoms with Crippen molar-refractivity contribution < 1.29 is 23.0 Å². The lowest BCUT2D eigenvalue weighted by Crippen LogP contribution is -2.18. The summed E-state index contributed by atoms with van der Waals surface area (Å²) in [5, 5.41) is 10.6. The summed E-state index contributed by atoms with van der Waals surface area (Å²) in [5.74, 6) is -0.448. The summed E-state index contributed by atoms with van der Waals surface area (Å²) >= 11 is 9.12. The second-order valence-corrected chi connectivity index (χ2v) is 5.42. The Balaban J connectivity index is 2.38. The average Bonchev–Trinajstić information content (AvgIpc) is 2.40. The summed E-state index contributed by atoms with van der Waals surface area (Å²) in [6.07, 6.45) is -6.11. The molecule has 0 fully saturated rings. The van der Waals surface area contributed by atoms with Crippen LogP contribution in [0.5, 0.6) is 5.75 Å². The molecular formula is C14H9BrClF3O2. The number of aliphatic hydroxyl groups excluding tert-OH is 1. The lowest BCUT2D eigenvalue weighted by molar-refractivity contribution is -0.275. The van der Waals surface area contributed by atoms with Crippen molar-refractivity contribution >= 4 is 27.5 Å². The quantitative estimate of drug-likeness (QED) is 0.803. The molecule has 0 aliphatic carbocycles. The third-order valence-electron chi connectivity index (χ3n) is 2.70. The first-order chi connectivity index (χ1) is 9.78. The summed E-state index contributed by atoms with van der Waals surface area (Å²) in [4.78, 5) is 0. The summed E-state index contributed by atoms with van der Waals surface area (Å²) in [6.45, 7) is 0. The van der Waals surface area contributed by atoms with E-state index in [4.69, 9.17) is 11.6 Å². The number of halogens is 5. The van der Waals surface area contributed by atoms with Gasteiger partial charge in [-0.15, -0.1) is 13.2 Å². The Bertz CT molecular complexity index is 646. The Morgan fingerprint density at radius 1 is 1.14 bits per heavy atom. The van der Waals surface area contributed by atoms with Crippen LogP contribution in [0.2, 0.25) is 5.02 Å². The summed E-state index contributed by atoms with van der Waals surface area (Å²) in [6, 6.07) is 10.1. The number of alkyl halides is 3. The number of hydrogen-bond donors (Lipinski definition) is 1. The Kier molecular flexibility index (Phi) is 4.81. The van der Waals surface area contributed by atoms with E-state index in [0.717, 1.165) is 6.07 Å². The molecule has 1 unspecified atom stereocenters. The van der Waals surface area contributed by atoms with Gasteiger partial charge in [0, 0.05) is 10.0 Å². The number of rotatable bonds is 3. The van der Waals surface area contributed by atoms with Gasteiger partial charge in [-0.25, -0.2) is 0 Å². The van der Waals surface area contributed by atoms with Crippen molar-refractivity contribution in [2.75, 3.05) is 0 Å². The van der Waals surface area contributed by atoms with Gasteiger partial charge in [0.05, 0.1) is 5.02 Å². The Labute approximate surface area is 132 Å². The minimum Gasteiger partial charge on any atom is -0.405 e. The van der Waals surface area contributed by atoms with E-state index in [9.17, 15) is 18.3 Å². The number of ether oxygens (including phenoxy) is 1. The molecule has 0 saturated carbocycles. The maximum Gasteiger partial charge on any atom is 0.573 e. The van der Waals surface area contributed by atoms with E-state index in [1.165, 1.54) is 24.3 Å². The van der Waals surface area contributed by atoms with Crippen molar-refractivity contribution in [1.82, 2.24) is 0 Å². The zero-order valence-electron chi connectivity index (χ0n) is 10.4. The lowest BCUT2D eigenvalue weighted by atomic mass is 10.0. The third-order valence-corrected chi connectivity index (χ3v) is 3.93. The van der Waals surface area contributed by atoms with Crippen molar-refractivity contribution in [2.24, 2.45) is 0 Å². The molecule has 1 N–H and O–H groups in total. The van der Waals surface area contributed by atoms with Crippen LogP contribution in [-0.2, 0) is 0 Å². The van der Waals surface area contributed by atoms with Gasteiger partial charge in [-0.05, 0) is 39.7 Å². The van der Waals surface area contributed by atoms with Crippen molar-refractivity contribution in [1.29, 1.82) is 0 Å². The zero-order chi connectivity index (χ0) is 15.6. The molecule has 0 spiro atoms. The molecule has 2 aromatic carbocycles. The second-order valence-electron chi connectivity index (χ2n) is 4.16. The molecule has 0 aromatic heterocycles. The van der Waals surface area contributed by atoms with Gasteiger partial charge in [-0.1, -0.05) is 35.9 Å². The number of para-hydroxylation sites is 1. The van der Waals surface area contributed by atoms with Gasteiger partial charge in [0.1, 0.15) is 11.9 Å². The Hall–Kier alpha value is -1.24. The normalized spacial score (nSPS) is 13.0. The van der Waals surface area contributed by atoms with Crippen molar-refractivity contribution in [3.05, 3.63) is 63.1 Å². The highest BCUT2D eigenvalue weighted by molar-refractivity contribution is 9.10. The minimum absolute atomic E-state index is 0.00761. The Morgan fingerprint density at radius 3 is 2.43 bits per heavy atom. The first-order valence-electron chi connectivity index (χ1n) is 5.75. The van der Waals surface area contributed by atoms with E-state index >= 15 is 0 Å². The van der Waals surface area contributed by atoms with Gasteiger partial charge >= 0.3 is 6.36 Å². The van der Waals surface area contributed by atoms with Crippen molar-refractivity contribution in [3.8, 4) is 5.75 Å². The fourth-order valence-corrected chi connectivity index (χ4v) is 2.22. The van der Waals surface area contributed by atoms with Crippen molar-refractivity contribution in [2.45, 2.75) is 12.5 Å². The topological polar surface area (TPSA) is 29.5 Å². The molecule has 0 aliphatic heterocycles. The highest BCUT2D eigenvalue weighted by atomic mass is 79.9. The number of benzene rings is 2. The van der Waals surface area contributed by atoms with Crippen LogP contribution in [-0.4, -0.2) is 11.5 Å². The van der Waals surface area contributed by atoms with Gasteiger partial charge in [0.15, 0.2) is 0 Å². The predicted octanol–water partition coefficient (Wildman–Crippen LogP) is 5.08. The van der Waals surface area contributed by atoms with E-state index in [2.05, 4.69) is 20.7 Å². The molecular weight excluding hydrogens is 373 g/mol. The summed E-state index contributed by atoms with van der Waals surface area (Å²) < 4.78 is 41.7. The first-order valence-corrected chi connectivity index (χ1v) is 6.93. The smallest absolute Gasteiger partial charge is 0.405 e. The van der Waals surface area contributed by atoms with Gasteiger partial charge in [-0.3, -0.25) is 0 Å². The molecule has 0 saturated heterocycles. The fraction of sp³-hybridized carbons (Fsp3) is 0.143. The standard InChI is InChI=1S/C14H9BrClF3O2/c15-10-6-5-8(7-11(10)16)13(20)9-3-1-2-4-12(9)21-14(17,18)19/h1-7,13,20H. The third kappa shape index (κ3) is 4.12. The average molecular weight is 382 g/mol. The van der Waals surface area contributed by atoms with Crippen LogP contribution < -0.4 is 4.74 Å². The predicted molar refractivity (Wildman–Crippen MR) is 76.3 cm³/mol. The Morgan fingerprint density at radius 2 is 1.81 bits per heavy atom. The van der Waals surface area contributed by atoms with Gasteiger partial charge in [-0.2, -0.15) is 0 Å². The highest BCUT2D eigenvalue weighted by Crippen LogP contribution is 2.35. The lowest BCUT2D eigenvalue weighted by Gasteiger charge is -2.17. The molecule has 2 aromatic rings. The fourth-order valence-electron chi connectivity index (χ4n) is 1.79. The van der Waals surface area contributed by atoms with Crippen LogP contribution in [0.3, 0.4) is 0 Å². The highest BCUT2D eigenvalue weighted by Gasteiger charge is 2.33. The molecule has 112 valence electrons. The molecule has 2 nitrogen and oxygen atoms in total. The van der Waals surface area contributed by atoms with E-state index in [-0.39, 0.29) is 5.56 Å². The molecule has 0 radical (unpaired) electrons. The molecule has 7 heteroatoms. The van der Waals surface area contributed by atoms with E-state index < -0.39 is 18.2 Å². The van der Waals surface area contributed by atoms with Crippen LogP contribution in [0.15, 0.2) is 46.9 Å². The SMILES string of the molecule is OC(c1ccc(Br)c(Cl)c1)c1ccccc1OC(F)(F)F. The zero-order valence-corrected chi connectivity index (χ0v) is 12.7. The molecule has 1 atom stereocenters. The van der Waals surface area contributed by atoms with Crippen LogP contribution in [0.1, 0.15) is 17.2 Å². The number of aliphatic hydroxyl groups is 1. The summed E-state index contributed by atoms with van der Waals surface area (Å²) in [5.41, 5.74) is 0.370. The van der Waals surface area contributed by atoms with Gasteiger partial charge < -0.3 is 9.84 Å². The van der Waals surface area contributed by atoms with E-state index in [1.807, 2.05) is 0 Å². The maximum atomic E-state index is 12.4. The first kappa shape index (κ1) is 16.1. The minimum atomic E-state index is -4.83. The molecule has 21 heavy (non-hydrogen) atoms. The van der Waals surface area contributed by atoms with Crippen LogP contribution in [0.4, 0.5) is 13.2 Å². The van der Waals surface area contributed by atoms with Crippen LogP contribution in [0.25, 0.3) is 0 Å². The number of hydrogen-bond acceptors (Lipinski definition) is 2. The summed E-state index contributed by atoms with van der Waals surface area (Å²) in [7, 11) is 0. The monoisotopic (exact) mass is 380 g/mol. The molecule has 0 heterocycles. The van der Waals surface area contributed by atoms with E-state index in [0.29, 0.717) is 15.1 Å². The molecule has 0 bridgehead atoms. The van der Waals surface area contributed by atoms with Gasteiger partial charge in [0.2, 0.25) is 0 Å². The molecule has 0 aliphatic rings. The second kappa shape index (κ2) is 6.25. The van der Waals surface area contributed by atoms with Crippen molar-refractivity contribution in [3.63, 3.8) is 0 Å². The van der Waals surface area contributed by atoms with Crippen LogP contribution in [0, 0.1) is 0 Å². The molecule has 0 amide bonds. The van der Waals surface area contributed by atoms with E-state index in [1.54, 1.807) is 12.1 Å². The molecule has 2 rings (SSSR count). The van der Waals surface area contributed by atoms with Gasteiger partial charge in [0.25, 0.3) is 0 Å². The van der Waals surface area contributed by atoms with Crippen LogP contribution >= 0.6 is 27.5 Å². The largest absolute Gasteiger partial charge is 0.573 e.